The molecule has 9 heavy (non-hydrogen) atoms. The number of rotatable bonds is 3. The molecule has 1 unspecified atom stereocenters. The van der Waals surface area contributed by atoms with Gasteiger partial charge in [0.05, 0.1) is 23.7 Å². The SMILES string of the molecule is CC(O)CO[S-](=O)=O.[Ag+]. The number of hydrogen-bond acceptors (Lipinski definition) is 5. The maximum atomic E-state index is 9.57. The van der Waals surface area contributed by atoms with Gasteiger partial charge in [-0.25, -0.2) is 0 Å². The molecule has 0 aliphatic carbocycles. The van der Waals surface area contributed by atoms with E-state index >= 15 is 0 Å². The van der Waals surface area contributed by atoms with E-state index in [-0.39, 0.29) is 29.0 Å². The van der Waals surface area contributed by atoms with Gasteiger partial charge in [0.2, 0.25) is 0 Å². The predicted molar refractivity (Wildman–Crippen MR) is 26.4 cm³/mol. The van der Waals surface area contributed by atoms with Crippen LogP contribution in [0.4, 0.5) is 0 Å². The first kappa shape index (κ1) is 12.3. The molecule has 1 atom stereocenters. The van der Waals surface area contributed by atoms with E-state index in [1.165, 1.54) is 6.92 Å². The van der Waals surface area contributed by atoms with E-state index in [2.05, 4.69) is 4.18 Å². The third kappa shape index (κ3) is 12.0. The molecule has 0 amide bonds. The van der Waals surface area contributed by atoms with Crippen molar-refractivity contribution in [3.05, 3.63) is 0 Å². The maximum absolute atomic E-state index is 9.57. The average Bonchev–Trinajstić information content (AvgIpc) is 1.61. The Morgan fingerprint density at radius 3 is 2.22 bits per heavy atom. The van der Waals surface area contributed by atoms with Gasteiger partial charge in [-0.2, -0.15) is 0 Å². The van der Waals surface area contributed by atoms with Crippen LogP contribution in [0.25, 0.3) is 0 Å². The van der Waals surface area contributed by atoms with Crippen molar-refractivity contribution in [2.75, 3.05) is 6.61 Å². The van der Waals surface area contributed by atoms with Crippen molar-refractivity contribution in [3.63, 3.8) is 0 Å². The molecule has 0 rings (SSSR count). The van der Waals surface area contributed by atoms with Gasteiger partial charge in [-0.1, -0.05) is 0 Å². The van der Waals surface area contributed by atoms with Crippen LogP contribution in [0, 0.1) is 0 Å². The van der Waals surface area contributed by atoms with Crippen LogP contribution in [0.2, 0.25) is 0 Å². The van der Waals surface area contributed by atoms with Gasteiger partial charge in [0.1, 0.15) is 0 Å². The van der Waals surface area contributed by atoms with E-state index in [4.69, 9.17) is 5.11 Å². The van der Waals surface area contributed by atoms with Crippen LogP contribution in [0.15, 0.2) is 0 Å². The molecule has 0 heterocycles. The molecule has 0 fully saturated rings. The van der Waals surface area contributed by atoms with Gasteiger partial charge in [0, 0.05) is 0 Å². The fourth-order valence-corrected chi connectivity index (χ4v) is 0.462. The fourth-order valence-electron chi connectivity index (χ4n) is 0.154. The molecule has 0 saturated carbocycles. The fraction of sp³-hybridized carbons (Fsp3) is 1.00. The Kier molecular flexibility index (Phi) is 9.19. The van der Waals surface area contributed by atoms with Crippen LogP contribution in [0.3, 0.4) is 0 Å². The summed E-state index contributed by atoms with van der Waals surface area (Å²) in [5.74, 6) is 0. The number of aliphatic hydroxyl groups is 1. The van der Waals surface area contributed by atoms with E-state index in [1.807, 2.05) is 0 Å². The molecule has 0 aromatic rings. The van der Waals surface area contributed by atoms with Gasteiger partial charge in [0.25, 0.3) is 0 Å². The Hall–Kier alpha value is 0.610. The van der Waals surface area contributed by atoms with Crippen LogP contribution in [0.5, 0.6) is 0 Å². The Labute approximate surface area is 70.9 Å². The smallest absolute Gasteiger partial charge is 0.421 e. The second-order valence-corrected chi connectivity index (χ2v) is 1.98. The maximum Gasteiger partial charge on any atom is 1.00 e. The van der Waals surface area contributed by atoms with Crippen molar-refractivity contribution in [3.8, 4) is 0 Å². The second kappa shape index (κ2) is 6.73. The summed E-state index contributed by atoms with van der Waals surface area (Å²) in [6.07, 6.45) is -0.729. The summed E-state index contributed by atoms with van der Waals surface area (Å²) in [5, 5.41) is 8.40. The zero-order valence-corrected chi connectivity index (χ0v) is 6.96. The summed E-state index contributed by atoms with van der Waals surface area (Å²) in [5.41, 5.74) is 0. The molecule has 1 N–H and O–H groups in total. The third-order valence-corrected chi connectivity index (χ3v) is 0.734. The minimum atomic E-state index is -2.50. The quantitative estimate of drug-likeness (QED) is 0.544. The molecule has 0 aliphatic heterocycles. The summed E-state index contributed by atoms with van der Waals surface area (Å²) < 4.78 is 23.1. The molecular formula is C3H7AgO4S. The Morgan fingerprint density at radius 1 is 1.67 bits per heavy atom. The van der Waals surface area contributed by atoms with Crippen LogP contribution < -0.4 is 0 Å². The Bertz CT molecular complexity index is 113. The van der Waals surface area contributed by atoms with Crippen molar-refractivity contribution in [2.24, 2.45) is 0 Å². The molecule has 6 heteroatoms. The first-order valence-electron chi connectivity index (χ1n) is 2.03. The average molecular weight is 247 g/mol. The number of aliphatic hydroxyl groups excluding tert-OH is 1. The molecule has 0 spiro atoms. The molecular weight excluding hydrogens is 240 g/mol. The van der Waals surface area contributed by atoms with Gasteiger partial charge in [-0.05, 0) is 6.92 Å². The van der Waals surface area contributed by atoms with Gasteiger partial charge in [-0.3, -0.25) is 0 Å². The predicted octanol–water partition coefficient (Wildman–Crippen LogP) is -0.394. The van der Waals surface area contributed by atoms with Gasteiger partial charge < -0.3 is 17.7 Å². The molecule has 0 aromatic carbocycles. The molecule has 0 bridgehead atoms. The normalized spacial score (nSPS) is 12.8. The minimum Gasteiger partial charge on any atom is -0.421 e. The first-order chi connectivity index (χ1) is 3.63. The largest absolute Gasteiger partial charge is 1.00 e. The Balaban J connectivity index is 0. The standard InChI is InChI=1S/C3H7O4S.Ag/c1-3(4)2-7-8(5)6;/h3-4H,2H2,1H3;/q-1;+1. The second-order valence-electron chi connectivity index (χ2n) is 1.34. The van der Waals surface area contributed by atoms with E-state index in [0.29, 0.717) is 0 Å². The van der Waals surface area contributed by atoms with Crippen LogP contribution in [-0.2, 0) is 46.0 Å². The van der Waals surface area contributed by atoms with E-state index in [9.17, 15) is 8.42 Å². The molecule has 0 aromatic heterocycles. The molecule has 0 saturated heterocycles. The monoisotopic (exact) mass is 246 g/mol. The zero-order valence-electron chi connectivity index (χ0n) is 4.67. The molecule has 4 nitrogen and oxygen atoms in total. The molecule has 0 radical (unpaired) electrons. The van der Waals surface area contributed by atoms with Crippen molar-refractivity contribution >= 4 is 11.0 Å². The van der Waals surface area contributed by atoms with Crippen molar-refractivity contribution in [1.29, 1.82) is 0 Å². The first-order valence-corrected chi connectivity index (χ1v) is 3.03. The summed E-state index contributed by atoms with van der Waals surface area (Å²) in [7, 11) is -2.50. The number of hydrogen-bond donors (Lipinski definition) is 1. The zero-order chi connectivity index (χ0) is 6.57. The summed E-state index contributed by atoms with van der Waals surface area (Å²) in [6, 6.07) is 0. The van der Waals surface area contributed by atoms with Gasteiger partial charge >= 0.3 is 22.4 Å². The van der Waals surface area contributed by atoms with E-state index in [0.717, 1.165) is 0 Å². The topological polar surface area (TPSA) is 63.6 Å². The van der Waals surface area contributed by atoms with E-state index < -0.39 is 17.1 Å². The summed E-state index contributed by atoms with van der Waals surface area (Å²) in [6.45, 7) is 1.27. The van der Waals surface area contributed by atoms with E-state index in [1.54, 1.807) is 0 Å². The summed E-state index contributed by atoms with van der Waals surface area (Å²) in [4.78, 5) is 0. The van der Waals surface area contributed by atoms with Crippen molar-refractivity contribution < 1.29 is 40.1 Å². The van der Waals surface area contributed by atoms with Crippen LogP contribution >= 0.6 is 0 Å². The van der Waals surface area contributed by atoms with Gasteiger partial charge in [-0.15, -0.1) is 0 Å². The van der Waals surface area contributed by atoms with Crippen LogP contribution in [-0.4, -0.2) is 17.8 Å². The minimum absolute atomic E-state index is 0. The summed E-state index contributed by atoms with van der Waals surface area (Å²) >= 11 is 0. The van der Waals surface area contributed by atoms with Crippen LogP contribution in [0.1, 0.15) is 6.92 Å². The molecule has 60 valence electrons. The Morgan fingerprint density at radius 2 is 2.11 bits per heavy atom. The third-order valence-electron chi connectivity index (χ3n) is 0.405. The van der Waals surface area contributed by atoms with Crippen molar-refractivity contribution in [1.82, 2.24) is 0 Å². The van der Waals surface area contributed by atoms with Gasteiger partial charge in [0.15, 0.2) is 0 Å². The molecule has 0 aliphatic rings. The van der Waals surface area contributed by atoms with Crippen molar-refractivity contribution in [2.45, 2.75) is 13.0 Å².